The first-order valence-electron chi connectivity index (χ1n) is 12.3. The zero-order valence-electron chi connectivity index (χ0n) is 21.4. The highest BCUT2D eigenvalue weighted by Crippen LogP contribution is 2.17. The van der Waals surface area contributed by atoms with E-state index in [1.54, 1.807) is 6.92 Å². The Morgan fingerprint density at radius 3 is 1.51 bits per heavy atom. The van der Waals surface area contributed by atoms with Gasteiger partial charge in [-0.1, -0.05) is 49.6 Å². The molecule has 0 fully saturated rings. The van der Waals surface area contributed by atoms with E-state index >= 15 is 0 Å². The van der Waals surface area contributed by atoms with Crippen LogP contribution in [0.3, 0.4) is 0 Å². The van der Waals surface area contributed by atoms with Crippen LogP contribution in [0.25, 0.3) is 12.2 Å². The van der Waals surface area contributed by atoms with Crippen LogP contribution in [0.1, 0.15) is 43.7 Å². The molecule has 0 aliphatic rings. The average Bonchev–Trinajstić information content (AvgIpc) is 2.91. The van der Waals surface area contributed by atoms with Crippen LogP contribution in [-0.4, -0.2) is 50.1 Å². The van der Waals surface area contributed by atoms with Crippen molar-refractivity contribution in [1.82, 2.24) is 0 Å². The Morgan fingerprint density at radius 1 is 0.703 bits per heavy atom. The summed E-state index contributed by atoms with van der Waals surface area (Å²) >= 11 is 0. The summed E-state index contributed by atoms with van der Waals surface area (Å²) in [6.45, 7) is 9.92. The maximum absolute atomic E-state index is 11.4. The van der Waals surface area contributed by atoms with Crippen molar-refractivity contribution in [3.63, 3.8) is 0 Å². The number of ether oxygens (including phenoxy) is 4. The Labute approximate surface area is 219 Å². The van der Waals surface area contributed by atoms with Crippen LogP contribution in [-0.2, 0) is 19.1 Å². The molecule has 0 radical (unpaired) electrons. The second kappa shape index (κ2) is 16.8. The molecule has 0 bridgehead atoms. The first-order valence-corrected chi connectivity index (χ1v) is 12.3. The van der Waals surface area contributed by atoms with Gasteiger partial charge in [-0.3, -0.25) is 0 Å². The first-order chi connectivity index (χ1) is 17.9. The molecule has 7 heteroatoms. The lowest BCUT2D eigenvalue weighted by molar-refractivity contribution is -0.140. The molecule has 0 amide bonds. The van der Waals surface area contributed by atoms with Gasteiger partial charge in [-0.2, -0.15) is 0 Å². The van der Waals surface area contributed by atoms with E-state index in [2.05, 4.69) is 13.2 Å². The predicted octanol–water partition coefficient (Wildman–Crippen LogP) is 5.39. The minimum Gasteiger partial charge on any atom is -0.494 e. The monoisotopic (exact) mass is 508 g/mol. The normalized spacial score (nSPS) is 10.6. The highest BCUT2D eigenvalue weighted by Gasteiger charge is 2.06. The maximum Gasteiger partial charge on any atom is 0.335 e. The highest BCUT2D eigenvalue weighted by molar-refractivity contribution is 5.88. The van der Waals surface area contributed by atoms with Crippen LogP contribution in [0.5, 0.6) is 11.5 Å². The van der Waals surface area contributed by atoms with E-state index in [1.807, 2.05) is 60.7 Å². The molecule has 0 saturated carbocycles. The third-order valence-electron chi connectivity index (χ3n) is 5.14. The van der Waals surface area contributed by atoms with Crippen molar-refractivity contribution in [3.8, 4) is 11.5 Å². The van der Waals surface area contributed by atoms with Gasteiger partial charge in [-0.25, -0.2) is 9.59 Å². The summed E-state index contributed by atoms with van der Waals surface area (Å²) < 4.78 is 21.5. The molecule has 2 rings (SSSR count). The van der Waals surface area contributed by atoms with Gasteiger partial charge in [0.1, 0.15) is 11.5 Å². The number of hydrogen-bond acceptors (Lipinski definition) is 7. The molecule has 2 aromatic rings. The van der Waals surface area contributed by atoms with Gasteiger partial charge in [-0.15, -0.1) is 0 Å². The average molecular weight is 509 g/mol. The second-order valence-corrected chi connectivity index (χ2v) is 8.40. The van der Waals surface area contributed by atoms with Crippen LogP contribution < -0.4 is 9.47 Å². The number of carbonyl (C=O) groups is 2. The molecular formula is C30H36O7. The van der Waals surface area contributed by atoms with Crippen LogP contribution in [0, 0.1) is 0 Å². The highest BCUT2D eigenvalue weighted by atomic mass is 16.5. The molecule has 0 spiro atoms. The Balaban J connectivity index is 1.63. The van der Waals surface area contributed by atoms with Gasteiger partial charge in [0.05, 0.1) is 38.6 Å². The van der Waals surface area contributed by atoms with Gasteiger partial charge in [0.2, 0.25) is 0 Å². The number of unbranched alkanes of at least 4 members (excludes halogenated alkanes) is 2. The lowest BCUT2D eigenvalue weighted by Gasteiger charge is -2.08. The fourth-order valence-corrected chi connectivity index (χ4v) is 2.95. The quantitative estimate of drug-likeness (QED) is 0.133. The molecule has 0 aliphatic carbocycles. The predicted molar refractivity (Wildman–Crippen MR) is 144 cm³/mol. The van der Waals surface area contributed by atoms with Gasteiger partial charge < -0.3 is 24.1 Å². The molecule has 1 N–H and O–H groups in total. The van der Waals surface area contributed by atoms with Crippen molar-refractivity contribution >= 4 is 24.1 Å². The molecule has 0 saturated heterocycles. The van der Waals surface area contributed by atoms with Crippen molar-refractivity contribution in [2.24, 2.45) is 0 Å². The zero-order valence-corrected chi connectivity index (χ0v) is 21.4. The number of hydrogen-bond donors (Lipinski definition) is 1. The Kier molecular flexibility index (Phi) is 13.3. The van der Waals surface area contributed by atoms with Gasteiger partial charge in [0.15, 0.2) is 0 Å². The van der Waals surface area contributed by atoms with Gasteiger partial charge in [0.25, 0.3) is 0 Å². The Hall–Kier alpha value is -3.84. The molecule has 0 heterocycles. The molecule has 0 aromatic heterocycles. The van der Waals surface area contributed by atoms with E-state index < -0.39 is 12.6 Å². The number of aliphatic hydroxyl groups excluding tert-OH is 1. The molecular weight excluding hydrogens is 472 g/mol. The smallest absolute Gasteiger partial charge is 0.335 e. The third-order valence-corrected chi connectivity index (χ3v) is 5.14. The van der Waals surface area contributed by atoms with Crippen LogP contribution in [0.2, 0.25) is 0 Å². The first kappa shape index (κ1) is 29.4. The van der Waals surface area contributed by atoms with Crippen molar-refractivity contribution in [2.75, 3.05) is 33.0 Å². The largest absolute Gasteiger partial charge is 0.494 e. The van der Waals surface area contributed by atoms with Gasteiger partial charge in [-0.05, 0) is 68.0 Å². The topological polar surface area (TPSA) is 91.3 Å². The zero-order chi connectivity index (χ0) is 26.9. The molecule has 198 valence electrons. The van der Waals surface area contributed by atoms with Crippen LogP contribution in [0.15, 0.2) is 72.8 Å². The molecule has 7 nitrogen and oxygen atoms in total. The van der Waals surface area contributed by atoms with E-state index in [0.29, 0.717) is 31.8 Å². The van der Waals surface area contributed by atoms with E-state index in [-0.39, 0.29) is 18.1 Å². The summed E-state index contributed by atoms with van der Waals surface area (Å²) in [6, 6.07) is 15.7. The van der Waals surface area contributed by atoms with E-state index in [1.165, 1.54) is 0 Å². The van der Waals surface area contributed by atoms with E-state index in [0.717, 1.165) is 41.9 Å². The molecule has 0 aliphatic heterocycles. The number of esters is 2. The molecule has 37 heavy (non-hydrogen) atoms. The minimum atomic E-state index is -0.566. The minimum absolute atomic E-state index is 0.0559. The van der Waals surface area contributed by atoms with Crippen LogP contribution in [0.4, 0.5) is 0 Å². The standard InChI is InChI=1S/C30H36O7/c1-23(2)29(32)36-20-6-4-18-34-27-14-10-25(11-15-27)8-9-26-12-16-28(17-13-26)35-19-5-7-21-37-30(33)24(3)22-31/h8-17,31H,1,3-7,18-22H2,2H3/b9-8+. The summed E-state index contributed by atoms with van der Waals surface area (Å²) in [4.78, 5) is 22.7. The SMILES string of the molecule is C=C(C)C(=O)OCCCCOc1ccc(/C=C/c2ccc(OCCCCOC(=O)C(=C)CO)cc2)cc1. The Morgan fingerprint density at radius 2 is 1.11 bits per heavy atom. The Bertz CT molecular complexity index is 1040. The van der Waals surface area contributed by atoms with Crippen molar-refractivity contribution in [3.05, 3.63) is 84.0 Å². The molecule has 2 aromatic carbocycles. The summed E-state index contributed by atoms with van der Waals surface area (Å²) in [5.41, 5.74) is 2.57. The summed E-state index contributed by atoms with van der Waals surface area (Å²) in [6.07, 6.45) is 7.00. The lowest BCUT2D eigenvalue weighted by atomic mass is 10.1. The van der Waals surface area contributed by atoms with Crippen molar-refractivity contribution in [1.29, 1.82) is 0 Å². The summed E-state index contributed by atoms with van der Waals surface area (Å²) in [5, 5.41) is 8.82. The number of rotatable bonds is 17. The van der Waals surface area contributed by atoms with Gasteiger partial charge >= 0.3 is 11.9 Å². The number of aliphatic hydroxyl groups is 1. The third kappa shape index (κ3) is 12.1. The van der Waals surface area contributed by atoms with E-state index in [4.69, 9.17) is 24.1 Å². The second-order valence-electron chi connectivity index (χ2n) is 8.40. The summed E-state index contributed by atoms with van der Waals surface area (Å²) in [5.74, 6) is 0.652. The molecule has 0 atom stereocenters. The molecule has 0 unspecified atom stereocenters. The fraction of sp³-hybridized carbons (Fsp3) is 0.333. The van der Waals surface area contributed by atoms with Gasteiger partial charge in [0, 0.05) is 5.57 Å². The van der Waals surface area contributed by atoms with Crippen molar-refractivity contribution in [2.45, 2.75) is 32.6 Å². The number of carbonyl (C=O) groups excluding carboxylic acids is 2. The fourth-order valence-electron chi connectivity index (χ4n) is 2.95. The summed E-state index contributed by atoms with van der Waals surface area (Å²) in [7, 11) is 0. The lowest BCUT2D eigenvalue weighted by Crippen LogP contribution is -2.11. The maximum atomic E-state index is 11.4. The van der Waals surface area contributed by atoms with E-state index in [9.17, 15) is 9.59 Å². The van der Waals surface area contributed by atoms with Crippen molar-refractivity contribution < 1.29 is 33.6 Å². The number of benzene rings is 2. The van der Waals surface area contributed by atoms with Crippen LogP contribution >= 0.6 is 0 Å².